The van der Waals surface area contributed by atoms with E-state index in [9.17, 15) is 9.59 Å². The normalized spacial score (nSPS) is 10.9. The van der Waals surface area contributed by atoms with Crippen LogP contribution < -0.4 is 15.6 Å². The molecule has 0 aromatic carbocycles. The summed E-state index contributed by atoms with van der Waals surface area (Å²) in [7, 11) is 1.95. The molecule has 0 atom stereocenters. The van der Waals surface area contributed by atoms with Gasteiger partial charge in [-0.3, -0.25) is 14.6 Å². The molecular weight excluding hydrogens is 408 g/mol. The SMILES string of the molecule is CC(C)n1nccc(C(=O)Nc2ccc(Oc3ccnc(-c4ccn(C)c4)c3)cn2)c1=O. The highest BCUT2D eigenvalue weighted by Gasteiger charge is 2.15. The minimum absolute atomic E-state index is 0.000975. The van der Waals surface area contributed by atoms with Gasteiger partial charge in [0.15, 0.2) is 0 Å². The fourth-order valence-electron chi connectivity index (χ4n) is 3.09. The molecule has 0 aliphatic carbocycles. The Labute approximate surface area is 184 Å². The molecule has 0 radical (unpaired) electrons. The van der Waals surface area contributed by atoms with Crippen LogP contribution in [0.4, 0.5) is 5.82 Å². The molecule has 162 valence electrons. The van der Waals surface area contributed by atoms with Gasteiger partial charge in [-0.15, -0.1) is 0 Å². The maximum Gasteiger partial charge on any atom is 0.279 e. The molecule has 4 aromatic heterocycles. The second-order valence-corrected chi connectivity index (χ2v) is 7.47. The number of aryl methyl sites for hydroxylation is 1. The largest absolute Gasteiger partial charge is 0.456 e. The lowest BCUT2D eigenvalue weighted by atomic mass is 10.2. The van der Waals surface area contributed by atoms with Gasteiger partial charge < -0.3 is 14.6 Å². The maximum atomic E-state index is 12.5. The van der Waals surface area contributed by atoms with E-state index in [4.69, 9.17) is 4.74 Å². The second-order valence-electron chi connectivity index (χ2n) is 7.47. The highest BCUT2D eigenvalue weighted by Crippen LogP contribution is 2.26. The van der Waals surface area contributed by atoms with Crippen LogP contribution in [0.3, 0.4) is 0 Å². The first-order chi connectivity index (χ1) is 15.4. The van der Waals surface area contributed by atoms with Crippen LogP contribution in [0.15, 0.2) is 72.2 Å². The van der Waals surface area contributed by atoms with Gasteiger partial charge in [0.1, 0.15) is 22.9 Å². The van der Waals surface area contributed by atoms with Gasteiger partial charge in [-0.05, 0) is 44.2 Å². The fraction of sp³-hybridized carbons (Fsp3) is 0.174. The number of carbonyl (C=O) groups excluding carboxylic acids is 1. The molecule has 1 amide bonds. The number of hydrogen-bond donors (Lipinski definition) is 1. The lowest BCUT2D eigenvalue weighted by Gasteiger charge is -2.10. The number of ether oxygens (including phenoxy) is 1. The van der Waals surface area contributed by atoms with E-state index in [0.717, 1.165) is 11.3 Å². The third kappa shape index (κ3) is 4.56. The Hall–Kier alpha value is -4.27. The van der Waals surface area contributed by atoms with Gasteiger partial charge >= 0.3 is 0 Å². The Kier molecular flexibility index (Phi) is 5.80. The first-order valence-electron chi connectivity index (χ1n) is 10.0. The van der Waals surface area contributed by atoms with Gasteiger partial charge in [-0.25, -0.2) is 9.67 Å². The zero-order valence-corrected chi connectivity index (χ0v) is 17.9. The third-order valence-corrected chi connectivity index (χ3v) is 4.68. The highest BCUT2D eigenvalue weighted by atomic mass is 16.5. The first-order valence-corrected chi connectivity index (χ1v) is 10.0. The van der Waals surface area contributed by atoms with E-state index in [1.807, 2.05) is 50.0 Å². The lowest BCUT2D eigenvalue weighted by Crippen LogP contribution is -2.31. The second kappa shape index (κ2) is 8.84. The van der Waals surface area contributed by atoms with Crippen LogP contribution in [-0.2, 0) is 7.05 Å². The standard InChI is InChI=1S/C23H22N6O3/c1-15(2)29-23(31)19(7-10-26-29)22(30)27-21-5-4-18(13-25-21)32-17-6-9-24-20(12-17)16-8-11-28(3)14-16/h4-15H,1-3H3,(H,25,27,30). The minimum Gasteiger partial charge on any atom is -0.456 e. The van der Waals surface area contributed by atoms with E-state index in [0.29, 0.717) is 17.3 Å². The van der Waals surface area contributed by atoms with Crippen LogP contribution in [0.5, 0.6) is 11.5 Å². The number of amides is 1. The van der Waals surface area contributed by atoms with Crippen molar-refractivity contribution in [2.24, 2.45) is 7.05 Å². The van der Waals surface area contributed by atoms with Crippen LogP contribution >= 0.6 is 0 Å². The summed E-state index contributed by atoms with van der Waals surface area (Å²) < 4.78 is 9.08. The van der Waals surface area contributed by atoms with Crippen LogP contribution in [0.25, 0.3) is 11.3 Å². The number of rotatable bonds is 6. The molecule has 0 aliphatic heterocycles. The highest BCUT2D eigenvalue weighted by molar-refractivity contribution is 6.03. The topological polar surface area (TPSA) is 104 Å². The monoisotopic (exact) mass is 430 g/mol. The van der Waals surface area contributed by atoms with E-state index in [2.05, 4.69) is 20.4 Å². The number of aromatic nitrogens is 5. The average Bonchev–Trinajstić information content (AvgIpc) is 3.21. The van der Waals surface area contributed by atoms with E-state index < -0.39 is 11.5 Å². The van der Waals surface area contributed by atoms with Crippen molar-refractivity contribution in [3.8, 4) is 22.8 Å². The number of nitrogens with zero attached hydrogens (tertiary/aromatic N) is 5. The minimum atomic E-state index is -0.547. The Balaban J connectivity index is 1.46. The Morgan fingerprint density at radius 3 is 2.59 bits per heavy atom. The molecule has 32 heavy (non-hydrogen) atoms. The van der Waals surface area contributed by atoms with Crippen molar-refractivity contribution >= 4 is 11.7 Å². The van der Waals surface area contributed by atoms with Crippen molar-refractivity contribution in [2.45, 2.75) is 19.9 Å². The molecule has 0 saturated carbocycles. The Morgan fingerprint density at radius 1 is 1.06 bits per heavy atom. The van der Waals surface area contributed by atoms with E-state index in [-0.39, 0.29) is 11.6 Å². The molecule has 0 aliphatic rings. The Bertz CT molecular complexity index is 1310. The Morgan fingerprint density at radius 2 is 1.91 bits per heavy atom. The molecular formula is C23H22N6O3. The lowest BCUT2D eigenvalue weighted by molar-refractivity contribution is 0.102. The number of hydrogen-bond acceptors (Lipinski definition) is 6. The molecule has 4 rings (SSSR count). The number of nitrogens with one attached hydrogen (secondary N) is 1. The summed E-state index contributed by atoms with van der Waals surface area (Å²) in [4.78, 5) is 33.5. The van der Waals surface area contributed by atoms with Crippen LogP contribution in [0, 0.1) is 0 Å². The van der Waals surface area contributed by atoms with Crippen LogP contribution in [-0.4, -0.2) is 30.2 Å². The predicted octanol–water partition coefficient (Wildman–Crippen LogP) is 3.66. The number of carbonyl (C=O) groups is 1. The van der Waals surface area contributed by atoms with E-state index >= 15 is 0 Å². The molecule has 0 saturated heterocycles. The third-order valence-electron chi connectivity index (χ3n) is 4.68. The molecule has 9 heteroatoms. The summed E-state index contributed by atoms with van der Waals surface area (Å²) in [5.41, 5.74) is 1.33. The molecule has 0 unspecified atom stereocenters. The smallest absolute Gasteiger partial charge is 0.279 e. The summed E-state index contributed by atoms with van der Waals surface area (Å²) >= 11 is 0. The first kappa shape index (κ1) is 21.0. The zero-order valence-electron chi connectivity index (χ0n) is 17.9. The van der Waals surface area contributed by atoms with Crippen molar-refractivity contribution in [1.82, 2.24) is 24.3 Å². The summed E-state index contributed by atoms with van der Waals surface area (Å²) in [6, 6.07) is 10.1. The van der Waals surface area contributed by atoms with Gasteiger partial charge in [-0.1, -0.05) is 0 Å². The van der Waals surface area contributed by atoms with Crippen molar-refractivity contribution in [3.05, 3.63) is 83.3 Å². The van der Waals surface area contributed by atoms with Gasteiger partial charge in [0.05, 0.1) is 17.9 Å². The van der Waals surface area contributed by atoms with Crippen molar-refractivity contribution < 1.29 is 9.53 Å². The van der Waals surface area contributed by atoms with E-state index in [1.54, 1.807) is 24.4 Å². The van der Waals surface area contributed by atoms with E-state index in [1.165, 1.54) is 23.1 Å². The van der Waals surface area contributed by atoms with Crippen molar-refractivity contribution in [3.63, 3.8) is 0 Å². The van der Waals surface area contributed by atoms with Crippen LogP contribution in [0.2, 0.25) is 0 Å². The van der Waals surface area contributed by atoms with Crippen molar-refractivity contribution in [2.75, 3.05) is 5.32 Å². The molecule has 4 aromatic rings. The number of pyridine rings is 2. The fourth-order valence-corrected chi connectivity index (χ4v) is 3.09. The maximum absolute atomic E-state index is 12.5. The quantitative estimate of drug-likeness (QED) is 0.501. The zero-order chi connectivity index (χ0) is 22.7. The predicted molar refractivity (Wildman–Crippen MR) is 120 cm³/mol. The molecule has 4 heterocycles. The van der Waals surface area contributed by atoms with Gasteiger partial charge in [0.25, 0.3) is 11.5 Å². The molecule has 9 nitrogen and oxygen atoms in total. The molecule has 0 bridgehead atoms. The molecule has 1 N–H and O–H groups in total. The molecule has 0 spiro atoms. The van der Waals surface area contributed by atoms with Crippen molar-refractivity contribution in [1.29, 1.82) is 0 Å². The summed E-state index contributed by atoms with van der Waals surface area (Å²) in [6.07, 6.45) is 8.53. The summed E-state index contributed by atoms with van der Waals surface area (Å²) in [5, 5.41) is 6.62. The van der Waals surface area contributed by atoms with Gasteiger partial charge in [0.2, 0.25) is 0 Å². The number of anilines is 1. The summed E-state index contributed by atoms with van der Waals surface area (Å²) in [5.74, 6) is 0.867. The van der Waals surface area contributed by atoms with Gasteiger partial charge in [0, 0.05) is 43.5 Å². The summed E-state index contributed by atoms with van der Waals surface area (Å²) in [6.45, 7) is 3.64. The average molecular weight is 430 g/mol. The molecule has 0 fully saturated rings. The van der Waals surface area contributed by atoms with Gasteiger partial charge in [-0.2, -0.15) is 5.10 Å². The van der Waals surface area contributed by atoms with Crippen LogP contribution in [0.1, 0.15) is 30.2 Å².